The maximum absolute atomic E-state index is 13.1. The molecule has 6 heteroatoms. The molecular formula is C14H17FN4S. The first-order chi connectivity index (χ1) is 9.52. The molecule has 1 heterocycles. The van der Waals surface area contributed by atoms with Gasteiger partial charge in [0.1, 0.15) is 5.82 Å². The summed E-state index contributed by atoms with van der Waals surface area (Å²) in [5.74, 6) is 0.426. The highest BCUT2D eigenvalue weighted by molar-refractivity contribution is 7.80. The van der Waals surface area contributed by atoms with Crippen molar-refractivity contribution in [2.24, 2.45) is 0 Å². The molecule has 0 fully saturated rings. The van der Waals surface area contributed by atoms with Crippen LogP contribution in [0.1, 0.15) is 19.4 Å². The topological polar surface area (TPSA) is 41.9 Å². The Morgan fingerprint density at radius 2 is 2.20 bits per heavy atom. The smallest absolute Gasteiger partial charge is 0.172 e. The summed E-state index contributed by atoms with van der Waals surface area (Å²) in [6.45, 7) is 4.54. The van der Waals surface area contributed by atoms with Gasteiger partial charge < -0.3 is 10.6 Å². The van der Waals surface area contributed by atoms with Crippen molar-refractivity contribution in [3.8, 4) is 0 Å². The van der Waals surface area contributed by atoms with E-state index in [0.717, 1.165) is 5.56 Å². The molecule has 0 amide bonds. The minimum atomic E-state index is -0.240. The number of rotatable bonds is 4. The molecule has 1 aromatic carbocycles. The number of benzene rings is 1. The minimum Gasteiger partial charge on any atom is -0.360 e. The van der Waals surface area contributed by atoms with Gasteiger partial charge in [-0.3, -0.25) is 4.68 Å². The molecule has 2 rings (SSSR count). The fourth-order valence-electron chi connectivity index (χ4n) is 1.75. The van der Waals surface area contributed by atoms with Crippen LogP contribution in [0.4, 0.5) is 10.2 Å². The van der Waals surface area contributed by atoms with Gasteiger partial charge in [0.05, 0.1) is 6.54 Å². The van der Waals surface area contributed by atoms with Gasteiger partial charge in [-0.25, -0.2) is 4.39 Å². The van der Waals surface area contributed by atoms with Crippen LogP contribution in [0.3, 0.4) is 0 Å². The molecule has 0 spiro atoms. The first-order valence-corrected chi connectivity index (χ1v) is 6.79. The van der Waals surface area contributed by atoms with E-state index in [2.05, 4.69) is 15.7 Å². The van der Waals surface area contributed by atoms with Gasteiger partial charge in [-0.2, -0.15) is 5.10 Å². The van der Waals surface area contributed by atoms with Crippen LogP contribution in [0.15, 0.2) is 36.5 Å². The predicted molar refractivity (Wildman–Crippen MR) is 82.2 cm³/mol. The van der Waals surface area contributed by atoms with Crippen molar-refractivity contribution >= 4 is 23.1 Å². The third-order valence-electron chi connectivity index (χ3n) is 2.54. The lowest BCUT2D eigenvalue weighted by molar-refractivity contribution is 0.619. The average Bonchev–Trinajstić information content (AvgIpc) is 2.75. The molecule has 106 valence electrons. The number of hydrogen-bond acceptors (Lipinski definition) is 2. The Labute approximate surface area is 123 Å². The van der Waals surface area contributed by atoms with Crippen molar-refractivity contribution in [2.75, 3.05) is 5.32 Å². The van der Waals surface area contributed by atoms with Crippen LogP contribution in [0.25, 0.3) is 0 Å². The number of hydrogen-bond donors (Lipinski definition) is 2. The Bertz CT molecular complexity index is 594. The van der Waals surface area contributed by atoms with Crippen LogP contribution in [-0.4, -0.2) is 20.9 Å². The van der Waals surface area contributed by atoms with Crippen molar-refractivity contribution in [3.05, 3.63) is 47.9 Å². The Kier molecular flexibility index (Phi) is 4.68. The fourth-order valence-corrected chi connectivity index (χ4v) is 2.09. The van der Waals surface area contributed by atoms with Crippen molar-refractivity contribution in [3.63, 3.8) is 0 Å². The van der Waals surface area contributed by atoms with Crippen LogP contribution in [0, 0.1) is 5.82 Å². The largest absolute Gasteiger partial charge is 0.360 e. The van der Waals surface area contributed by atoms with E-state index in [1.165, 1.54) is 12.1 Å². The first kappa shape index (κ1) is 14.5. The second-order valence-electron chi connectivity index (χ2n) is 4.78. The van der Waals surface area contributed by atoms with Gasteiger partial charge in [-0.1, -0.05) is 12.1 Å². The van der Waals surface area contributed by atoms with Crippen LogP contribution in [0.5, 0.6) is 0 Å². The third-order valence-corrected chi connectivity index (χ3v) is 2.76. The molecule has 0 saturated heterocycles. The van der Waals surface area contributed by atoms with E-state index in [9.17, 15) is 4.39 Å². The maximum atomic E-state index is 13.1. The van der Waals surface area contributed by atoms with Crippen molar-refractivity contribution in [1.82, 2.24) is 15.1 Å². The van der Waals surface area contributed by atoms with E-state index in [1.807, 2.05) is 32.2 Å². The lowest BCUT2D eigenvalue weighted by atomic mass is 10.2. The summed E-state index contributed by atoms with van der Waals surface area (Å²) >= 11 is 5.15. The summed E-state index contributed by atoms with van der Waals surface area (Å²) in [7, 11) is 0. The van der Waals surface area contributed by atoms with Gasteiger partial charge in [-0.15, -0.1) is 0 Å². The zero-order valence-electron chi connectivity index (χ0n) is 11.4. The number of thiocarbonyl (C=S) groups is 1. The van der Waals surface area contributed by atoms with E-state index in [1.54, 1.807) is 10.7 Å². The monoisotopic (exact) mass is 292 g/mol. The van der Waals surface area contributed by atoms with Gasteiger partial charge in [0.2, 0.25) is 0 Å². The highest BCUT2D eigenvalue weighted by Crippen LogP contribution is 2.08. The molecule has 0 atom stereocenters. The molecule has 2 N–H and O–H groups in total. The predicted octanol–water partition coefficient (Wildman–Crippen LogP) is 2.77. The SMILES string of the molecule is CC(C)NC(=S)Nc1ccn(Cc2cccc(F)c2)n1. The molecule has 0 aliphatic rings. The summed E-state index contributed by atoms with van der Waals surface area (Å²) < 4.78 is 14.8. The summed E-state index contributed by atoms with van der Waals surface area (Å²) in [4.78, 5) is 0. The standard InChI is InChI=1S/C14H17FN4S/c1-10(2)16-14(20)17-13-6-7-19(18-13)9-11-4-3-5-12(15)8-11/h3-8,10H,9H2,1-2H3,(H2,16,17,18,20). The first-order valence-electron chi connectivity index (χ1n) is 6.38. The second-order valence-corrected chi connectivity index (χ2v) is 5.19. The number of aromatic nitrogens is 2. The van der Waals surface area contributed by atoms with Crippen LogP contribution in [-0.2, 0) is 6.54 Å². The molecule has 20 heavy (non-hydrogen) atoms. The molecule has 2 aromatic rings. The number of nitrogens with one attached hydrogen (secondary N) is 2. The maximum Gasteiger partial charge on any atom is 0.172 e. The molecule has 4 nitrogen and oxygen atoms in total. The van der Waals surface area contributed by atoms with Crippen LogP contribution in [0.2, 0.25) is 0 Å². The molecular weight excluding hydrogens is 275 g/mol. The molecule has 0 radical (unpaired) electrons. The molecule has 0 bridgehead atoms. The summed E-state index contributed by atoms with van der Waals surface area (Å²) in [6, 6.07) is 8.57. The Morgan fingerprint density at radius 1 is 1.40 bits per heavy atom. The fraction of sp³-hybridized carbons (Fsp3) is 0.286. The van der Waals surface area contributed by atoms with Gasteiger partial charge in [-0.05, 0) is 43.8 Å². The average molecular weight is 292 g/mol. The van der Waals surface area contributed by atoms with E-state index < -0.39 is 0 Å². The molecule has 0 unspecified atom stereocenters. The van der Waals surface area contributed by atoms with Gasteiger partial charge >= 0.3 is 0 Å². The number of nitrogens with zero attached hydrogens (tertiary/aromatic N) is 2. The van der Waals surface area contributed by atoms with Gasteiger partial charge in [0.25, 0.3) is 0 Å². The zero-order chi connectivity index (χ0) is 14.5. The molecule has 0 aliphatic heterocycles. The highest BCUT2D eigenvalue weighted by Gasteiger charge is 2.03. The third kappa shape index (κ3) is 4.31. The molecule has 0 saturated carbocycles. The molecule has 1 aromatic heterocycles. The Morgan fingerprint density at radius 3 is 2.90 bits per heavy atom. The quantitative estimate of drug-likeness (QED) is 0.850. The lowest BCUT2D eigenvalue weighted by Gasteiger charge is -2.11. The van der Waals surface area contributed by atoms with E-state index in [4.69, 9.17) is 12.2 Å². The van der Waals surface area contributed by atoms with Crippen molar-refractivity contribution < 1.29 is 4.39 Å². The van der Waals surface area contributed by atoms with Crippen molar-refractivity contribution in [2.45, 2.75) is 26.4 Å². The van der Waals surface area contributed by atoms with Crippen LogP contribution < -0.4 is 10.6 Å². The zero-order valence-corrected chi connectivity index (χ0v) is 12.2. The van der Waals surface area contributed by atoms with Crippen molar-refractivity contribution in [1.29, 1.82) is 0 Å². The number of halogens is 1. The second kappa shape index (κ2) is 6.47. The Hall–Kier alpha value is -1.95. The highest BCUT2D eigenvalue weighted by atomic mass is 32.1. The lowest BCUT2D eigenvalue weighted by Crippen LogP contribution is -2.34. The van der Waals surface area contributed by atoms with E-state index >= 15 is 0 Å². The number of anilines is 1. The van der Waals surface area contributed by atoms with E-state index in [0.29, 0.717) is 17.5 Å². The summed E-state index contributed by atoms with van der Waals surface area (Å²) in [6.07, 6.45) is 1.82. The molecule has 0 aliphatic carbocycles. The minimum absolute atomic E-state index is 0.240. The van der Waals surface area contributed by atoms with Gasteiger partial charge in [0.15, 0.2) is 10.9 Å². The van der Waals surface area contributed by atoms with Crippen LogP contribution >= 0.6 is 12.2 Å². The Balaban J connectivity index is 1.97. The normalized spacial score (nSPS) is 10.6. The van der Waals surface area contributed by atoms with E-state index in [-0.39, 0.29) is 11.9 Å². The van der Waals surface area contributed by atoms with Gasteiger partial charge in [0, 0.05) is 18.3 Å². The summed E-state index contributed by atoms with van der Waals surface area (Å²) in [5.41, 5.74) is 0.863. The summed E-state index contributed by atoms with van der Waals surface area (Å²) in [5, 5.41) is 11.0.